The van der Waals surface area contributed by atoms with Gasteiger partial charge in [-0.25, -0.2) is 4.39 Å². The lowest BCUT2D eigenvalue weighted by Gasteiger charge is -2.30. The quantitative estimate of drug-likeness (QED) is 0.849. The Labute approximate surface area is 130 Å². The summed E-state index contributed by atoms with van der Waals surface area (Å²) < 4.78 is 18.6. The van der Waals surface area contributed by atoms with Gasteiger partial charge in [-0.2, -0.15) is 0 Å². The summed E-state index contributed by atoms with van der Waals surface area (Å²) in [6.07, 6.45) is 6.25. The molecule has 1 amide bonds. The van der Waals surface area contributed by atoms with Gasteiger partial charge in [0, 0.05) is 18.2 Å². The molecule has 2 rings (SSSR count). The summed E-state index contributed by atoms with van der Waals surface area (Å²) >= 11 is 0. The molecule has 0 radical (unpaired) electrons. The monoisotopic (exact) mass is 309 g/mol. The Morgan fingerprint density at radius 2 is 2.14 bits per heavy atom. The maximum Gasteiger partial charge on any atom is 0.251 e. The van der Waals surface area contributed by atoms with Gasteiger partial charge in [0.25, 0.3) is 5.91 Å². The van der Waals surface area contributed by atoms with Gasteiger partial charge < -0.3 is 15.2 Å². The molecule has 1 unspecified atom stereocenters. The van der Waals surface area contributed by atoms with E-state index in [2.05, 4.69) is 5.32 Å². The molecule has 0 spiro atoms. The molecule has 0 aromatic heterocycles. The number of rotatable bonds is 6. The van der Waals surface area contributed by atoms with Gasteiger partial charge in [-0.1, -0.05) is 19.3 Å². The fourth-order valence-electron chi connectivity index (χ4n) is 3.16. The third-order valence-corrected chi connectivity index (χ3v) is 4.39. The Kier molecular flexibility index (Phi) is 6.19. The van der Waals surface area contributed by atoms with Crippen LogP contribution in [0.15, 0.2) is 18.2 Å². The smallest absolute Gasteiger partial charge is 0.251 e. The van der Waals surface area contributed by atoms with E-state index in [4.69, 9.17) is 4.74 Å². The van der Waals surface area contributed by atoms with E-state index in [0.717, 1.165) is 12.8 Å². The summed E-state index contributed by atoms with van der Waals surface area (Å²) in [6.45, 7) is 0.0401. The fourth-order valence-corrected chi connectivity index (χ4v) is 3.16. The molecule has 2 N–H and O–H groups in total. The number of methoxy groups -OCH3 is 1. The van der Waals surface area contributed by atoms with Gasteiger partial charge in [0.15, 0.2) is 11.6 Å². The van der Waals surface area contributed by atoms with Crippen molar-refractivity contribution in [1.29, 1.82) is 0 Å². The minimum atomic E-state index is -0.550. The third kappa shape index (κ3) is 4.19. The SMILES string of the molecule is COc1ccc(C(=O)NC(CCO)C2CCCCC2)cc1F. The number of hydrogen-bond donors (Lipinski definition) is 2. The van der Waals surface area contributed by atoms with Crippen molar-refractivity contribution >= 4 is 5.91 Å². The number of ether oxygens (including phenoxy) is 1. The highest BCUT2D eigenvalue weighted by Crippen LogP contribution is 2.28. The van der Waals surface area contributed by atoms with E-state index in [-0.39, 0.29) is 29.9 Å². The molecule has 4 nitrogen and oxygen atoms in total. The van der Waals surface area contributed by atoms with Gasteiger partial charge in [-0.3, -0.25) is 4.79 Å². The molecule has 1 fully saturated rings. The molecule has 1 aliphatic rings. The first-order chi connectivity index (χ1) is 10.7. The van der Waals surface area contributed by atoms with Crippen molar-refractivity contribution in [1.82, 2.24) is 5.32 Å². The van der Waals surface area contributed by atoms with E-state index in [1.807, 2.05) is 0 Å². The Morgan fingerprint density at radius 3 is 2.73 bits per heavy atom. The summed E-state index contributed by atoms with van der Waals surface area (Å²) in [4.78, 5) is 12.3. The number of carbonyl (C=O) groups is 1. The Bertz CT molecular complexity index is 501. The second-order valence-corrected chi connectivity index (χ2v) is 5.84. The van der Waals surface area contributed by atoms with Crippen LogP contribution in [0.4, 0.5) is 4.39 Å². The predicted octanol–water partition coefficient (Wildman–Crippen LogP) is 2.90. The lowest BCUT2D eigenvalue weighted by Crippen LogP contribution is -2.41. The summed E-state index contributed by atoms with van der Waals surface area (Å²) in [7, 11) is 1.39. The highest BCUT2D eigenvalue weighted by Gasteiger charge is 2.25. The van der Waals surface area contributed by atoms with E-state index < -0.39 is 5.82 Å². The van der Waals surface area contributed by atoms with Crippen LogP contribution in [0.5, 0.6) is 5.75 Å². The number of carbonyl (C=O) groups excluding carboxylic acids is 1. The molecule has 122 valence electrons. The molecule has 0 aliphatic heterocycles. The first-order valence-electron chi connectivity index (χ1n) is 7.91. The Hall–Kier alpha value is -1.62. The van der Waals surface area contributed by atoms with Crippen LogP contribution in [0.3, 0.4) is 0 Å². The minimum absolute atomic E-state index is 0.0401. The average molecular weight is 309 g/mol. The Balaban J connectivity index is 2.05. The van der Waals surface area contributed by atoms with Gasteiger partial charge in [0.05, 0.1) is 7.11 Å². The average Bonchev–Trinajstić information content (AvgIpc) is 2.55. The molecule has 1 atom stereocenters. The second kappa shape index (κ2) is 8.13. The van der Waals surface area contributed by atoms with Gasteiger partial charge in [-0.05, 0) is 43.4 Å². The summed E-state index contributed by atoms with van der Waals surface area (Å²) in [6, 6.07) is 4.13. The molecule has 1 aromatic rings. The van der Waals surface area contributed by atoms with E-state index in [1.165, 1.54) is 38.5 Å². The van der Waals surface area contributed by atoms with Crippen molar-refractivity contribution in [3.63, 3.8) is 0 Å². The molecular formula is C17H24FNO3. The van der Waals surface area contributed by atoms with Crippen LogP contribution in [-0.2, 0) is 0 Å². The van der Waals surface area contributed by atoms with Crippen LogP contribution in [0, 0.1) is 11.7 Å². The molecule has 1 saturated carbocycles. The highest BCUT2D eigenvalue weighted by atomic mass is 19.1. The number of aliphatic hydroxyl groups excluding tert-OH is 1. The molecule has 0 saturated heterocycles. The topological polar surface area (TPSA) is 58.6 Å². The van der Waals surface area contributed by atoms with Crippen molar-refractivity contribution in [3.8, 4) is 5.75 Å². The van der Waals surface area contributed by atoms with Crippen molar-refractivity contribution in [2.45, 2.75) is 44.6 Å². The predicted molar refractivity (Wildman–Crippen MR) is 82.5 cm³/mol. The molecule has 0 bridgehead atoms. The van der Waals surface area contributed by atoms with Gasteiger partial charge >= 0.3 is 0 Å². The summed E-state index contributed by atoms with van der Waals surface area (Å²) in [5.74, 6) is -0.333. The van der Waals surface area contributed by atoms with Crippen LogP contribution in [0.25, 0.3) is 0 Å². The van der Waals surface area contributed by atoms with Crippen LogP contribution < -0.4 is 10.1 Å². The zero-order chi connectivity index (χ0) is 15.9. The van der Waals surface area contributed by atoms with E-state index in [9.17, 15) is 14.3 Å². The van der Waals surface area contributed by atoms with Crippen molar-refractivity contribution < 1.29 is 19.0 Å². The molecule has 22 heavy (non-hydrogen) atoms. The maximum atomic E-state index is 13.7. The second-order valence-electron chi connectivity index (χ2n) is 5.84. The van der Waals surface area contributed by atoms with Crippen LogP contribution in [0.2, 0.25) is 0 Å². The molecule has 5 heteroatoms. The standard InChI is InChI=1S/C17H24FNO3/c1-22-16-8-7-13(11-14(16)18)17(21)19-15(9-10-20)12-5-3-2-4-6-12/h7-8,11-12,15,20H,2-6,9-10H2,1H3,(H,19,21). The number of aliphatic hydroxyl groups is 1. The Morgan fingerprint density at radius 1 is 1.41 bits per heavy atom. The van der Waals surface area contributed by atoms with Crippen LogP contribution in [-0.4, -0.2) is 30.8 Å². The maximum absolute atomic E-state index is 13.7. The zero-order valence-corrected chi connectivity index (χ0v) is 13.0. The third-order valence-electron chi connectivity index (χ3n) is 4.39. The van der Waals surface area contributed by atoms with E-state index >= 15 is 0 Å². The normalized spacial score (nSPS) is 17.0. The van der Waals surface area contributed by atoms with Crippen molar-refractivity contribution in [2.24, 2.45) is 5.92 Å². The lowest BCUT2D eigenvalue weighted by molar-refractivity contribution is 0.0899. The van der Waals surface area contributed by atoms with Crippen LogP contribution >= 0.6 is 0 Å². The van der Waals surface area contributed by atoms with Gasteiger partial charge in [0.2, 0.25) is 0 Å². The first kappa shape index (κ1) is 16.7. The first-order valence-corrected chi connectivity index (χ1v) is 7.91. The van der Waals surface area contributed by atoms with E-state index in [0.29, 0.717) is 12.3 Å². The number of nitrogens with one attached hydrogen (secondary N) is 1. The minimum Gasteiger partial charge on any atom is -0.494 e. The zero-order valence-electron chi connectivity index (χ0n) is 13.0. The summed E-state index contributed by atoms with van der Waals surface area (Å²) in [5.41, 5.74) is 0.275. The number of amides is 1. The molecule has 1 aromatic carbocycles. The summed E-state index contributed by atoms with van der Waals surface area (Å²) in [5, 5.41) is 12.2. The molecule has 0 heterocycles. The largest absolute Gasteiger partial charge is 0.494 e. The van der Waals surface area contributed by atoms with E-state index in [1.54, 1.807) is 6.07 Å². The molecule has 1 aliphatic carbocycles. The fraction of sp³-hybridized carbons (Fsp3) is 0.588. The number of hydrogen-bond acceptors (Lipinski definition) is 3. The van der Waals surface area contributed by atoms with Crippen molar-refractivity contribution in [3.05, 3.63) is 29.6 Å². The molecular weight excluding hydrogens is 285 g/mol. The highest BCUT2D eigenvalue weighted by molar-refractivity contribution is 5.94. The van der Waals surface area contributed by atoms with Gasteiger partial charge in [-0.15, -0.1) is 0 Å². The van der Waals surface area contributed by atoms with Crippen LogP contribution in [0.1, 0.15) is 48.9 Å². The lowest BCUT2D eigenvalue weighted by atomic mass is 9.82. The number of benzene rings is 1. The van der Waals surface area contributed by atoms with Gasteiger partial charge in [0.1, 0.15) is 0 Å². The number of halogens is 1. The van der Waals surface area contributed by atoms with Crippen molar-refractivity contribution in [2.75, 3.05) is 13.7 Å².